The van der Waals surface area contributed by atoms with Crippen LogP contribution in [0, 0.1) is 5.41 Å². The van der Waals surface area contributed by atoms with Gasteiger partial charge in [0.25, 0.3) is 0 Å². The second-order valence-electron chi connectivity index (χ2n) is 7.57. The number of halogens is 2. The molecular formula is C19H20Cl2N6O. The number of hydrogen-bond acceptors (Lipinski definition) is 6. The summed E-state index contributed by atoms with van der Waals surface area (Å²) < 4.78 is 5.61. The molecule has 3 N–H and O–H groups in total. The van der Waals surface area contributed by atoms with Gasteiger partial charge in [0.2, 0.25) is 5.65 Å². The van der Waals surface area contributed by atoms with Crippen molar-refractivity contribution >= 4 is 40.2 Å². The molecule has 0 aliphatic carbocycles. The molecule has 4 heterocycles. The molecule has 2 aliphatic rings. The number of hydrogen-bond donors (Lipinski definition) is 2. The molecule has 28 heavy (non-hydrogen) atoms. The van der Waals surface area contributed by atoms with Crippen LogP contribution in [0.15, 0.2) is 24.4 Å². The smallest absolute Gasteiger partial charge is 0.202 e. The Morgan fingerprint density at radius 1 is 1.25 bits per heavy atom. The van der Waals surface area contributed by atoms with Crippen molar-refractivity contribution in [3.8, 4) is 11.3 Å². The molecule has 0 bridgehead atoms. The molecule has 2 fully saturated rings. The molecule has 2 aromatic heterocycles. The molecule has 3 aromatic rings. The number of fused-ring (bicyclic) bond motifs is 1. The summed E-state index contributed by atoms with van der Waals surface area (Å²) in [5.41, 5.74) is 9.09. The number of aromatic nitrogens is 4. The highest BCUT2D eigenvalue weighted by molar-refractivity contribution is 6.43. The minimum absolute atomic E-state index is 0.108. The number of nitrogens with two attached hydrogens (primary N) is 1. The van der Waals surface area contributed by atoms with E-state index < -0.39 is 0 Å². The monoisotopic (exact) mass is 418 g/mol. The zero-order valence-corrected chi connectivity index (χ0v) is 16.7. The van der Waals surface area contributed by atoms with Crippen LogP contribution in [-0.2, 0) is 4.74 Å². The molecule has 146 valence electrons. The second kappa shape index (κ2) is 6.84. The lowest BCUT2D eigenvalue weighted by Crippen LogP contribution is -2.49. The molecule has 1 aromatic carbocycles. The number of aromatic amines is 1. The lowest BCUT2D eigenvalue weighted by atomic mass is 9.75. The maximum Gasteiger partial charge on any atom is 0.202 e. The highest BCUT2D eigenvalue weighted by atomic mass is 35.5. The van der Waals surface area contributed by atoms with E-state index in [0.29, 0.717) is 33.5 Å². The Hall–Kier alpha value is -1.93. The Morgan fingerprint density at radius 2 is 2.07 bits per heavy atom. The van der Waals surface area contributed by atoms with Gasteiger partial charge in [0.1, 0.15) is 11.3 Å². The van der Waals surface area contributed by atoms with Crippen molar-refractivity contribution < 1.29 is 4.74 Å². The number of nitrogens with one attached hydrogen (secondary N) is 1. The largest absolute Gasteiger partial charge is 0.379 e. The van der Waals surface area contributed by atoms with Crippen LogP contribution < -0.4 is 10.6 Å². The fourth-order valence-corrected chi connectivity index (χ4v) is 4.59. The topological polar surface area (TPSA) is 93.0 Å². The van der Waals surface area contributed by atoms with Crippen molar-refractivity contribution in [3.63, 3.8) is 0 Å². The number of piperidine rings is 1. The first-order valence-corrected chi connectivity index (χ1v) is 10.1. The molecule has 1 atom stereocenters. The minimum atomic E-state index is 0.108. The van der Waals surface area contributed by atoms with E-state index in [0.717, 1.165) is 43.9 Å². The summed E-state index contributed by atoms with van der Waals surface area (Å²) in [5, 5.41) is 8.30. The molecule has 7 nitrogen and oxygen atoms in total. The van der Waals surface area contributed by atoms with Crippen LogP contribution in [-0.4, -0.2) is 52.5 Å². The summed E-state index contributed by atoms with van der Waals surface area (Å²) in [6, 6.07) is 5.60. The van der Waals surface area contributed by atoms with Crippen LogP contribution in [0.1, 0.15) is 12.8 Å². The van der Waals surface area contributed by atoms with Crippen LogP contribution in [0.3, 0.4) is 0 Å². The van der Waals surface area contributed by atoms with E-state index in [1.165, 1.54) is 0 Å². The third kappa shape index (κ3) is 2.85. The van der Waals surface area contributed by atoms with Crippen LogP contribution in [0.5, 0.6) is 0 Å². The van der Waals surface area contributed by atoms with Crippen molar-refractivity contribution in [3.05, 3.63) is 34.4 Å². The average molecular weight is 419 g/mol. The summed E-state index contributed by atoms with van der Waals surface area (Å²) in [7, 11) is 0. The summed E-state index contributed by atoms with van der Waals surface area (Å²) in [5.74, 6) is 0.824. The predicted octanol–water partition coefficient (Wildman–Crippen LogP) is 3.27. The van der Waals surface area contributed by atoms with Gasteiger partial charge in [0.15, 0.2) is 0 Å². The highest BCUT2D eigenvalue weighted by Crippen LogP contribution is 2.40. The Bertz CT molecular complexity index is 1030. The fraction of sp³-hybridized carbons (Fsp3) is 0.421. The molecule has 0 amide bonds. The first-order valence-electron chi connectivity index (χ1n) is 9.31. The number of benzene rings is 1. The van der Waals surface area contributed by atoms with Crippen molar-refractivity contribution in [1.29, 1.82) is 0 Å². The normalized spacial score (nSPS) is 21.7. The lowest BCUT2D eigenvalue weighted by molar-refractivity contribution is 0.131. The fourth-order valence-electron chi connectivity index (χ4n) is 4.19. The van der Waals surface area contributed by atoms with Gasteiger partial charge in [-0.2, -0.15) is 5.10 Å². The summed E-state index contributed by atoms with van der Waals surface area (Å²) >= 11 is 12.5. The van der Waals surface area contributed by atoms with Crippen LogP contribution in [0.25, 0.3) is 22.4 Å². The maximum absolute atomic E-state index is 6.35. The van der Waals surface area contributed by atoms with E-state index in [1.807, 2.05) is 12.1 Å². The molecule has 9 heteroatoms. The van der Waals surface area contributed by atoms with Crippen molar-refractivity contribution in [2.24, 2.45) is 11.1 Å². The molecule has 0 saturated carbocycles. The zero-order chi connectivity index (χ0) is 19.3. The molecule has 1 spiro atoms. The maximum atomic E-state index is 6.35. The van der Waals surface area contributed by atoms with Gasteiger partial charge in [0, 0.05) is 30.1 Å². The molecule has 0 unspecified atom stereocenters. The van der Waals surface area contributed by atoms with E-state index in [-0.39, 0.29) is 11.5 Å². The van der Waals surface area contributed by atoms with Gasteiger partial charge in [-0.15, -0.1) is 0 Å². The Balaban J connectivity index is 1.42. The predicted molar refractivity (Wildman–Crippen MR) is 110 cm³/mol. The van der Waals surface area contributed by atoms with Crippen molar-refractivity contribution in [2.45, 2.75) is 18.9 Å². The van der Waals surface area contributed by atoms with E-state index in [4.69, 9.17) is 38.7 Å². The number of nitrogens with zero attached hydrogens (tertiary/aromatic N) is 4. The van der Waals surface area contributed by atoms with Gasteiger partial charge >= 0.3 is 0 Å². The number of rotatable bonds is 2. The van der Waals surface area contributed by atoms with Gasteiger partial charge in [-0.25, -0.2) is 9.97 Å². The van der Waals surface area contributed by atoms with Gasteiger partial charge in [0.05, 0.1) is 35.1 Å². The lowest BCUT2D eigenvalue weighted by Gasteiger charge is -2.41. The van der Waals surface area contributed by atoms with E-state index in [2.05, 4.69) is 20.1 Å². The van der Waals surface area contributed by atoms with Crippen LogP contribution in [0.4, 0.5) is 5.82 Å². The molecule has 2 saturated heterocycles. The average Bonchev–Trinajstić information content (AvgIpc) is 3.28. The second-order valence-corrected chi connectivity index (χ2v) is 8.36. The van der Waals surface area contributed by atoms with Gasteiger partial charge in [-0.1, -0.05) is 35.3 Å². The van der Waals surface area contributed by atoms with Crippen LogP contribution in [0.2, 0.25) is 10.0 Å². The minimum Gasteiger partial charge on any atom is -0.379 e. The standard InChI is InChI=1S/C19H20Cl2N6O/c20-12-3-1-2-11(15(12)21)16-17-18(26-25-16)24-14(8-23-17)27-6-4-19(5-7-27)10-28-9-13(19)22/h1-3,8,13H,4-7,9-10,22H2,(H,24,25,26)/t13-/m1/s1. The van der Waals surface area contributed by atoms with Gasteiger partial charge < -0.3 is 15.4 Å². The van der Waals surface area contributed by atoms with Crippen molar-refractivity contribution in [1.82, 2.24) is 20.2 Å². The zero-order valence-electron chi connectivity index (χ0n) is 15.2. The molecular weight excluding hydrogens is 399 g/mol. The number of ether oxygens (including phenoxy) is 1. The van der Waals surface area contributed by atoms with Gasteiger partial charge in [-0.3, -0.25) is 5.10 Å². The van der Waals surface area contributed by atoms with E-state index >= 15 is 0 Å². The molecule has 2 aliphatic heterocycles. The Kier molecular flexibility index (Phi) is 4.43. The quantitative estimate of drug-likeness (QED) is 0.663. The third-order valence-corrected chi connectivity index (χ3v) is 6.85. The first kappa shape index (κ1) is 18.1. The van der Waals surface area contributed by atoms with Crippen molar-refractivity contribution in [2.75, 3.05) is 31.2 Å². The van der Waals surface area contributed by atoms with Gasteiger partial charge in [-0.05, 0) is 18.9 Å². The Morgan fingerprint density at radius 3 is 2.82 bits per heavy atom. The Labute approximate surface area is 172 Å². The molecule has 5 rings (SSSR count). The SMILES string of the molecule is N[C@@H]1COCC12CCN(c1cnc3c(-c4cccc(Cl)c4Cl)[nH]nc3n1)CC2. The number of anilines is 1. The summed E-state index contributed by atoms with van der Waals surface area (Å²) in [6.07, 6.45) is 3.79. The highest BCUT2D eigenvalue weighted by Gasteiger charge is 2.44. The number of H-pyrrole nitrogens is 1. The first-order chi connectivity index (χ1) is 13.6. The molecule has 0 radical (unpaired) electrons. The van der Waals surface area contributed by atoms with E-state index in [1.54, 1.807) is 12.3 Å². The summed E-state index contributed by atoms with van der Waals surface area (Å²) in [6.45, 7) is 3.19. The summed E-state index contributed by atoms with van der Waals surface area (Å²) in [4.78, 5) is 11.6. The van der Waals surface area contributed by atoms with E-state index in [9.17, 15) is 0 Å². The third-order valence-electron chi connectivity index (χ3n) is 6.03. The van der Waals surface area contributed by atoms with Crippen LogP contribution >= 0.6 is 23.2 Å².